The highest BCUT2D eigenvalue weighted by Crippen LogP contribution is 2.30. The van der Waals surface area contributed by atoms with Gasteiger partial charge in [0.1, 0.15) is 24.8 Å². The molecule has 1 unspecified atom stereocenters. The second kappa shape index (κ2) is 10.5. The highest BCUT2D eigenvalue weighted by Gasteiger charge is 2.11. The number of carbonyl (C=O) groups is 1. The molecule has 0 heterocycles. The number of amides is 1. The molecule has 1 amide bonds. The van der Waals surface area contributed by atoms with Crippen molar-refractivity contribution in [2.75, 3.05) is 0 Å². The van der Waals surface area contributed by atoms with Crippen LogP contribution in [0.15, 0.2) is 66.7 Å². The minimum absolute atomic E-state index is 0.142. The van der Waals surface area contributed by atoms with E-state index in [1.165, 1.54) is 24.3 Å². The van der Waals surface area contributed by atoms with Gasteiger partial charge in [0.25, 0.3) is 0 Å². The fourth-order valence-corrected chi connectivity index (χ4v) is 2.84. The maximum atomic E-state index is 13.5. The van der Waals surface area contributed by atoms with Crippen molar-refractivity contribution in [3.8, 4) is 11.5 Å². The number of carbonyl (C=O) groups excluding carboxylic acids is 1. The van der Waals surface area contributed by atoms with E-state index in [1.807, 2.05) is 6.07 Å². The van der Waals surface area contributed by atoms with Gasteiger partial charge >= 0.3 is 0 Å². The molecule has 0 fully saturated rings. The Morgan fingerprint density at radius 1 is 0.871 bits per heavy atom. The number of rotatable bonds is 10. The monoisotopic (exact) mass is 426 g/mol. The highest BCUT2D eigenvalue weighted by atomic mass is 19.1. The maximum Gasteiger partial charge on any atom is 0.234 e. The summed E-state index contributed by atoms with van der Waals surface area (Å²) >= 11 is 0. The van der Waals surface area contributed by atoms with E-state index in [0.29, 0.717) is 29.2 Å². The standard InChI is InChI=1S/C24H24F2N2O3/c1-16(24(27)29)28-13-17-8-9-22(30-14-18-4-2-6-20(25)10-18)23(12-17)31-15-19-5-3-7-21(26)11-19/h2-12,16,28H,13-15H2,1H3,(H2,27,29). The third-order valence-corrected chi connectivity index (χ3v) is 4.61. The number of nitrogens with two attached hydrogens (primary N) is 1. The minimum atomic E-state index is -0.486. The van der Waals surface area contributed by atoms with Crippen molar-refractivity contribution in [3.05, 3.63) is 95.1 Å². The molecule has 0 aromatic heterocycles. The van der Waals surface area contributed by atoms with Crippen LogP contribution >= 0.6 is 0 Å². The lowest BCUT2D eigenvalue weighted by atomic mass is 10.1. The molecule has 7 heteroatoms. The van der Waals surface area contributed by atoms with Gasteiger partial charge in [0.2, 0.25) is 5.91 Å². The van der Waals surface area contributed by atoms with Crippen molar-refractivity contribution < 1.29 is 23.0 Å². The molecule has 0 aliphatic heterocycles. The molecule has 0 aliphatic carbocycles. The van der Waals surface area contributed by atoms with Gasteiger partial charge in [-0.15, -0.1) is 0 Å². The fourth-order valence-electron chi connectivity index (χ4n) is 2.84. The second-order valence-corrected chi connectivity index (χ2v) is 7.12. The van der Waals surface area contributed by atoms with Gasteiger partial charge in [0.05, 0.1) is 6.04 Å². The summed E-state index contributed by atoms with van der Waals surface area (Å²) in [5, 5.41) is 3.03. The molecule has 0 radical (unpaired) electrons. The average Bonchev–Trinajstić information content (AvgIpc) is 2.75. The zero-order chi connectivity index (χ0) is 22.2. The van der Waals surface area contributed by atoms with Crippen LogP contribution in [0.1, 0.15) is 23.6 Å². The maximum absolute atomic E-state index is 13.5. The first-order valence-electron chi connectivity index (χ1n) is 9.81. The number of hydrogen-bond donors (Lipinski definition) is 2. The molecular weight excluding hydrogens is 402 g/mol. The number of halogens is 2. The lowest BCUT2D eigenvalue weighted by molar-refractivity contribution is -0.119. The molecule has 0 bridgehead atoms. The van der Waals surface area contributed by atoms with Gasteiger partial charge in [-0.1, -0.05) is 30.3 Å². The first kappa shape index (κ1) is 22.2. The predicted octanol–water partition coefficient (Wildman–Crippen LogP) is 4.09. The largest absolute Gasteiger partial charge is 0.485 e. The zero-order valence-corrected chi connectivity index (χ0v) is 17.1. The van der Waals surface area contributed by atoms with E-state index < -0.39 is 11.9 Å². The van der Waals surface area contributed by atoms with Gasteiger partial charge in [-0.25, -0.2) is 8.78 Å². The van der Waals surface area contributed by atoms with Crippen LogP contribution in [0.4, 0.5) is 8.78 Å². The molecule has 0 aliphatic rings. The van der Waals surface area contributed by atoms with E-state index in [-0.39, 0.29) is 24.8 Å². The van der Waals surface area contributed by atoms with E-state index in [9.17, 15) is 13.6 Å². The predicted molar refractivity (Wildman–Crippen MR) is 113 cm³/mol. The molecule has 0 spiro atoms. The summed E-state index contributed by atoms with van der Waals surface area (Å²) in [5.41, 5.74) is 7.47. The summed E-state index contributed by atoms with van der Waals surface area (Å²) in [5.74, 6) is -0.215. The van der Waals surface area contributed by atoms with Gasteiger partial charge in [-0.3, -0.25) is 4.79 Å². The van der Waals surface area contributed by atoms with Crippen LogP contribution in [0, 0.1) is 11.6 Å². The van der Waals surface area contributed by atoms with E-state index in [0.717, 1.165) is 5.56 Å². The van der Waals surface area contributed by atoms with Crippen LogP contribution in [0.2, 0.25) is 0 Å². The normalized spacial score (nSPS) is 11.7. The molecule has 3 aromatic carbocycles. The van der Waals surface area contributed by atoms with Crippen molar-refractivity contribution in [2.45, 2.75) is 32.7 Å². The number of benzene rings is 3. The zero-order valence-electron chi connectivity index (χ0n) is 17.1. The Balaban J connectivity index is 1.75. The van der Waals surface area contributed by atoms with E-state index >= 15 is 0 Å². The first-order valence-corrected chi connectivity index (χ1v) is 9.81. The summed E-state index contributed by atoms with van der Waals surface area (Å²) in [6.07, 6.45) is 0. The summed E-state index contributed by atoms with van der Waals surface area (Å²) < 4.78 is 38.6. The van der Waals surface area contributed by atoms with Gasteiger partial charge in [0, 0.05) is 6.54 Å². The van der Waals surface area contributed by atoms with Crippen molar-refractivity contribution in [2.24, 2.45) is 5.73 Å². The van der Waals surface area contributed by atoms with Crippen LogP contribution in [0.25, 0.3) is 0 Å². The van der Waals surface area contributed by atoms with Gasteiger partial charge in [-0.05, 0) is 60.0 Å². The molecule has 1 atom stereocenters. The second-order valence-electron chi connectivity index (χ2n) is 7.12. The van der Waals surface area contributed by atoms with E-state index in [1.54, 1.807) is 43.3 Å². The summed E-state index contributed by atoms with van der Waals surface area (Å²) in [7, 11) is 0. The third-order valence-electron chi connectivity index (χ3n) is 4.61. The number of ether oxygens (including phenoxy) is 2. The SMILES string of the molecule is CC(NCc1ccc(OCc2cccc(F)c2)c(OCc2cccc(F)c2)c1)C(N)=O. The lowest BCUT2D eigenvalue weighted by Crippen LogP contribution is -2.38. The van der Waals surface area contributed by atoms with E-state index in [2.05, 4.69) is 5.32 Å². The van der Waals surface area contributed by atoms with Crippen LogP contribution < -0.4 is 20.5 Å². The first-order chi connectivity index (χ1) is 14.9. The van der Waals surface area contributed by atoms with Crippen molar-refractivity contribution in [1.29, 1.82) is 0 Å². The molecular formula is C24H24F2N2O3. The molecule has 162 valence electrons. The quantitative estimate of drug-likeness (QED) is 0.512. The Morgan fingerprint density at radius 3 is 2.00 bits per heavy atom. The van der Waals surface area contributed by atoms with Gasteiger partial charge in [-0.2, -0.15) is 0 Å². The summed E-state index contributed by atoms with van der Waals surface area (Å²) in [6, 6.07) is 17.1. The number of hydrogen-bond acceptors (Lipinski definition) is 4. The van der Waals surface area contributed by atoms with Crippen LogP contribution in [-0.4, -0.2) is 11.9 Å². The topological polar surface area (TPSA) is 73.6 Å². The van der Waals surface area contributed by atoms with E-state index in [4.69, 9.17) is 15.2 Å². The molecule has 3 aromatic rings. The van der Waals surface area contributed by atoms with Crippen molar-refractivity contribution >= 4 is 5.91 Å². The van der Waals surface area contributed by atoms with Crippen molar-refractivity contribution in [1.82, 2.24) is 5.32 Å². The Morgan fingerprint density at radius 2 is 1.45 bits per heavy atom. The summed E-state index contributed by atoms with van der Waals surface area (Å²) in [4.78, 5) is 11.2. The summed E-state index contributed by atoms with van der Waals surface area (Å²) in [6.45, 7) is 2.37. The number of primary amides is 1. The third kappa shape index (κ3) is 6.79. The van der Waals surface area contributed by atoms with Crippen molar-refractivity contribution in [3.63, 3.8) is 0 Å². The lowest BCUT2D eigenvalue weighted by Gasteiger charge is -2.16. The van der Waals surface area contributed by atoms with Gasteiger partial charge < -0.3 is 20.5 Å². The molecule has 31 heavy (non-hydrogen) atoms. The Kier molecular flexibility index (Phi) is 7.56. The minimum Gasteiger partial charge on any atom is -0.485 e. The Hall–Kier alpha value is -3.45. The average molecular weight is 426 g/mol. The van der Waals surface area contributed by atoms with Gasteiger partial charge in [0.15, 0.2) is 11.5 Å². The Labute approximate surface area is 179 Å². The fraction of sp³-hybridized carbons (Fsp3) is 0.208. The highest BCUT2D eigenvalue weighted by molar-refractivity contribution is 5.79. The van der Waals surface area contributed by atoms with Crippen LogP contribution in [-0.2, 0) is 24.6 Å². The smallest absolute Gasteiger partial charge is 0.234 e. The number of nitrogens with one attached hydrogen (secondary N) is 1. The Bertz CT molecular complexity index is 1040. The molecule has 0 saturated carbocycles. The molecule has 3 rings (SSSR count). The molecule has 5 nitrogen and oxygen atoms in total. The van der Waals surface area contributed by atoms with Crippen LogP contribution in [0.3, 0.4) is 0 Å². The van der Waals surface area contributed by atoms with Crippen LogP contribution in [0.5, 0.6) is 11.5 Å². The molecule has 0 saturated heterocycles. The molecule has 3 N–H and O–H groups in total.